The summed E-state index contributed by atoms with van der Waals surface area (Å²) in [4.78, 5) is 10.7. The van der Waals surface area contributed by atoms with E-state index >= 15 is 0 Å². The molecule has 0 heterocycles. The molecule has 1 aliphatic carbocycles. The van der Waals surface area contributed by atoms with Crippen molar-refractivity contribution in [3.05, 3.63) is 24.3 Å². The molecule has 192 valence electrons. The summed E-state index contributed by atoms with van der Waals surface area (Å²) in [5.41, 5.74) is -0.848. The first-order valence-corrected chi connectivity index (χ1v) is 15.8. The molecule has 1 aliphatic rings. The van der Waals surface area contributed by atoms with E-state index in [9.17, 15) is 15.0 Å². The Bertz CT molecular complexity index is 603. The summed E-state index contributed by atoms with van der Waals surface area (Å²) in [6.45, 7) is 10.7. The van der Waals surface area contributed by atoms with Crippen molar-refractivity contribution in [2.75, 3.05) is 0 Å². The van der Waals surface area contributed by atoms with Crippen molar-refractivity contribution in [1.82, 2.24) is 0 Å². The molecule has 0 aromatic rings. The molecule has 6 heteroatoms. The van der Waals surface area contributed by atoms with Gasteiger partial charge in [-0.05, 0) is 63.1 Å². The summed E-state index contributed by atoms with van der Waals surface area (Å²) in [6, 6.07) is 3.23. The second-order valence-corrected chi connectivity index (χ2v) is 14.8. The number of aliphatic carboxylic acids is 1. The maximum absolute atomic E-state index is 11.0. The standard InChI is InChI=1S/C27H50O5Si/c1-6-10-15-19-27(5,31)20-18-23-22(16-13-11-12-14-17-26(29)30)24(28)21-25(23)32-33(7-2,8-3)9-4/h11,13,18,20,22-25,28,31H,6-10,12,14-17,19,21H2,1-5H3,(H,29,30)/b13-11-,20-18+/t22-,23-,24+,25-,27?/m1/s1. The molecule has 0 bridgehead atoms. The smallest absolute Gasteiger partial charge is 0.303 e. The van der Waals surface area contributed by atoms with Gasteiger partial charge in [-0.1, -0.05) is 71.3 Å². The summed E-state index contributed by atoms with van der Waals surface area (Å²) in [7, 11) is -1.83. The van der Waals surface area contributed by atoms with Crippen LogP contribution >= 0.6 is 0 Å². The van der Waals surface area contributed by atoms with Crippen molar-refractivity contribution < 1.29 is 24.5 Å². The maximum Gasteiger partial charge on any atom is 0.303 e. The molecule has 0 aromatic carbocycles. The van der Waals surface area contributed by atoms with Crippen LogP contribution in [0.3, 0.4) is 0 Å². The minimum atomic E-state index is -1.83. The second kappa shape index (κ2) is 15.1. The molecule has 1 fully saturated rings. The Morgan fingerprint density at radius 3 is 2.33 bits per heavy atom. The molecule has 0 aliphatic heterocycles. The van der Waals surface area contributed by atoms with Gasteiger partial charge in [0.2, 0.25) is 0 Å². The van der Waals surface area contributed by atoms with Gasteiger partial charge in [-0.3, -0.25) is 4.79 Å². The third kappa shape index (κ3) is 10.5. The van der Waals surface area contributed by atoms with Crippen LogP contribution in [0.2, 0.25) is 18.1 Å². The topological polar surface area (TPSA) is 87.0 Å². The number of allylic oxidation sites excluding steroid dienone is 2. The van der Waals surface area contributed by atoms with Crippen molar-refractivity contribution in [2.24, 2.45) is 11.8 Å². The number of carboxylic acid groups (broad SMARTS) is 1. The molecule has 5 nitrogen and oxygen atoms in total. The molecule has 1 rings (SSSR count). The minimum Gasteiger partial charge on any atom is -0.481 e. The van der Waals surface area contributed by atoms with Crippen LogP contribution in [0.4, 0.5) is 0 Å². The van der Waals surface area contributed by atoms with E-state index in [1.165, 1.54) is 0 Å². The molecule has 0 aromatic heterocycles. The largest absolute Gasteiger partial charge is 0.481 e. The Labute approximate surface area is 203 Å². The highest BCUT2D eigenvalue weighted by molar-refractivity contribution is 6.73. The monoisotopic (exact) mass is 482 g/mol. The zero-order valence-electron chi connectivity index (χ0n) is 21.8. The molecule has 3 N–H and O–H groups in total. The Morgan fingerprint density at radius 1 is 1.09 bits per heavy atom. The molecule has 1 unspecified atom stereocenters. The second-order valence-electron chi connectivity index (χ2n) is 10.1. The lowest BCUT2D eigenvalue weighted by atomic mass is 9.88. The van der Waals surface area contributed by atoms with Crippen molar-refractivity contribution in [3.63, 3.8) is 0 Å². The van der Waals surface area contributed by atoms with Gasteiger partial charge in [0.05, 0.1) is 17.8 Å². The Hall–Kier alpha value is -0.953. The van der Waals surface area contributed by atoms with Crippen LogP contribution < -0.4 is 0 Å². The van der Waals surface area contributed by atoms with Gasteiger partial charge in [0, 0.05) is 12.3 Å². The van der Waals surface area contributed by atoms with Crippen LogP contribution in [0.1, 0.15) is 92.4 Å². The van der Waals surface area contributed by atoms with Gasteiger partial charge >= 0.3 is 5.97 Å². The molecule has 0 radical (unpaired) electrons. The Balaban J connectivity index is 2.98. The van der Waals surface area contributed by atoms with E-state index in [0.717, 1.165) is 56.7 Å². The summed E-state index contributed by atoms with van der Waals surface area (Å²) < 4.78 is 6.85. The van der Waals surface area contributed by atoms with Crippen LogP contribution in [0.15, 0.2) is 24.3 Å². The molecule has 0 saturated heterocycles. The van der Waals surface area contributed by atoms with Gasteiger partial charge in [0.1, 0.15) is 0 Å². The van der Waals surface area contributed by atoms with E-state index in [-0.39, 0.29) is 24.4 Å². The third-order valence-electron chi connectivity index (χ3n) is 7.53. The van der Waals surface area contributed by atoms with Gasteiger partial charge in [-0.25, -0.2) is 0 Å². The first-order valence-electron chi connectivity index (χ1n) is 13.3. The number of carbonyl (C=O) groups is 1. The highest BCUT2D eigenvalue weighted by Gasteiger charge is 2.44. The summed E-state index contributed by atoms with van der Waals surface area (Å²) in [5, 5.41) is 30.6. The van der Waals surface area contributed by atoms with Crippen LogP contribution in [0.5, 0.6) is 0 Å². The van der Waals surface area contributed by atoms with E-state index in [1.807, 2.05) is 19.1 Å². The lowest BCUT2D eigenvalue weighted by Crippen LogP contribution is -2.41. The van der Waals surface area contributed by atoms with Gasteiger partial charge in [-0.2, -0.15) is 0 Å². The lowest BCUT2D eigenvalue weighted by Gasteiger charge is -2.34. The predicted octanol–water partition coefficient (Wildman–Crippen LogP) is 6.46. The summed E-state index contributed by atoms with van der Waals surface area (Å²) in [6.07, 6.45) is 14.6. The lowest BCUT2D eigenvalue weighted by molar-refractivity contribution is -0.137. The Morgan fingerprint density at radius 2 is 1.76 bits per heavy atom. The van der Waals surface area contributed by atoms with Gasteiger partial charge in [0.25, 0.3) is 0 Å². The van der Waals surface area contributed by atoms with Gasteiger partial charge < -0.3 is 19.7 Å². The average Bonchev–Trinajstić information content (AvgIpc) is 3.06. The zero-order valence-corrected chi connectivity index (χ0v) is 22.8. The SMILES string of the molecule is CCCCCC(C)(O)/C=C/[C@@H]1[C@@H](C/C=C\CCCC(=O)O)[C@@H](O)C[C@H]1O[Si](CC)(CC)CC. The fourth-order valence-electron chi connectivity index (χ4n) is 5.01. The predicted molar refractivity (Wildman–Crippen MR) is 139 cm³/mol. The van der Waals surface area contributed by atoms with Crippen LogP contribution in [-0.4, -0.2) is 47.4 Å². The molecular weight excluding hydrogens is 432 g/mol. The first kappa shape index (κ1) is 30.1. The molecular formula is C27H50O5Si. The maximum atomic E-state index is 11.0. The molecule has 1 saturated carbocycles. The molecule has 33 heavy (non-hydrogen) atoms. The summed E-state index contributed by atoms with van der Waals surface area (Å²) >= 11 is 0. The van der Waals surface area contributed by atoms with Gasteiger partial charge in [0.15, 0.2) is 8.32 Å². The molecule has 0 amide bonds. The van der Waals surface area contributed by atoms with Crippen LogP contribution in [-0.2, 0) is 9.22 Å². The number of aliphatic hydroxyl groups is 2. The van der Waals surface area contributed by atoms with E-state index in [0.29, 0.717) is 12.8 Å². The number of hydrogen-bond acceptors (Lipinski definition) is 4. The van der Waals surface area contributed by atoms with Crippen LogP contribution in [0.25, 0.3) is 0 Å². The number of aliphatic hydroxyl groups excluding tert-OH is 1. The number of unbranched alkanes of at least 4 members (excludes halogenated alkanes) is 3. The van der Waals surface area contributed by atoms with Crippen molar-refractivity contribution in [2.45, 2.75) is 128 Å². The normalized spacial score (nSPS) is 25.8. The highest BCUT2D eigenvalue weighted by atomic mass is 28.4. The summed E-state index contributed by atoms with van der Waals surface area (Å²) in [5.74, 6) is -0.648. The zero-order chi connectivity index (χ0) is 24.9. The minimum absolute atomic E-state index is 0.0142. The fourth-order valence-corrected chi connectivity index (χ4v) is 7.90. The highest BCUT2D eigenvalue weighted by Crippen LogP contribution is 2.41. The Kier molecular flexibility index (Phi) is 13.8. The van der Waals surface area contributed by atoms with Crippen molar-refractivity contribution in [3.8, 4) is 0 Å². The fraction of sp³-hybridized carbons (Fsp3) is 0.815. The third-order valence-corrected chi connectivity index (χ3v) is 12.2. The molecule has 5 atom stereocenters. The molecule has 0 spiro atoms. The van der Waals surface area contributed by atoms with E-state index in [4.69, 9.17) is 9.53 Å². The number of carboxylic acids is 1. The van der Waals surface area contributed by atoms with Crippen molar-refractivity contribution >= 4 is 14.3 Å². The number of rotatable bonds is 17. The van der Waals surface area contributed by atoms with Crippen LogP contribution in [0, 0.1) is 11.8 Å². The van der Waals surface area contributed by atoms with Gasteiger partial charge in [-0.15, -0.1) is 0 Å². The van der Waals surface area contributed by atoms with E-state index in [2.05, 4.69) is 39.8 Å². The van der Waals surface area contributed by atoms with E-state index in [1.54, 1.807) is 0 Å². The number of hydrogen-bond donors (Lipinski definition) is 3. The van der Waals surface area contributed by atoms with Crippen molar-refractivity contribution in [1.29, 1.82) is 0 Å². The van der Waals surface area contributed by atoms with E-state index < -0.39 is 26.0 Å². The first-order chi connectivity index (χ1) is 15.6. The quantitative estimate of drug-likeness (QED) is 0.126. The average molecular weight is 483 g/mol.